The first-order valence-corrected chi connectivity index (χ1v) is 24.3. The van der Waals surface area contributed by atoms with Crippen LogP contribution in [0.2, 0.25) is 0 Å². The summed E-state index contributed by atoms with van der Waals surface area (Å²) in [5.41, 5.74) is 11.2. The van der Waals surface area contributed by atoms with E-state index in [2.05, 4.69) is 56.4 Å². The number of unbranched alkanes of at least 4 members (excludes halogenated alkanes) is 6. The molecule has 0 spiro atoms. The van der Waals surface area contributed by atoms with Crippen LogP contribution in [0.3, 0.4) is 0 Å². The molecule has 1 heterocycles. The van der Waals surface area contributed by atoms with Gasteiger partial charge in [0, 0.05) is 25.3 Å². The monoisotopic (exact) mass is 1030 g/mol. The molecule has 1 aliphatic rings. The third-order valence-electron chi connectivity index (χ3n) is 11.7. The van der Waals surface area contributed by atoms with Gasteiger partial charge in [-0.25, -0.2) is 0 Å². The number of primary amides is 2. The maximum absolute atomic E-state index is 14.1. The summed E-state index contributed by atoms with van der Waals surface area (Å²) in [6.45, 7) is 3.12. The lowest BCUT2D eigenvalue weighted by molar-refractivity contribution is -0.139. The van der Waals surface area contributed by atoms with Gasteiger partial charge in [-0.3, -0.25) is 52.7 Å². The molecule has 0 unspecified atom stereocenters. The number of amides is 10. The maximum atomic E-state index is 14.1. The predicted molar refractivity (Wildman–Crippen MR) is 259 cm³/mol. The number of carbonyl (C=O) groups is 11. The van der Waals surface area contributed by atoms with Gasteiger partial charge in [-0.15, -0.1) is 0 Å². The summed E-state index contributed by atoms with van der Waals surface area (Å²) >= 11 is 0. The summed E-state index contributed by atoms with van der Waals surface area (Å²) in [7, 11) is 0. The summed E-state index contributed by atoms with van der Waals surface area (Å²) in [4.78, 5) is 146. The number of rotatable bonds is 22. The van der Waals surface area contributed by atoms with Crippen molar-refractivity contribution in [2.75, 3.05) is 13.2 Å². The number of carbonyl (C=O) groups excluding carboxylic acids is 10. The minimum Gasteiger partial charge on any atom is -0.508 e. The van der Waals surface area contributed by atoms with E-state index in [0.29, 0.717) is 24.3 Å². The van der Waals surface area contributed by atoms with Gasteiger partial charge in [-0.05, 0) is 43.4 Å². The lowest BCUT2D eigenvalue weighted by Gasteiger charge is -2.28. The van der Waals surface area contributed by atoms with Crippen LogP contribution in [0.4, 0.5) is 0 Å². The molecule has 2 rings (SSSR count). The first-order chi connectivity index (χ1) is 34.4. The fourth-order valence-electron chi connectivity index (χ4n) is 7.66. The van der Waals surface area contributed by atoms with Crippen LogP contribution >= 0.6 is 0 Å². The number of aliphatic carboxylic acids is 1. The molecule has 0 aliphatic carbocycles. The van der Waals surface area contributed by atoms with Crippen molar-refractivity contribution in [1.29, 1.82) is 0 Å². The number of aliphatic hydroxyl groups is 3. The molecule has 1 fully saturated rings. The van der Waals surface area contributed by atoms with Crippen molar-refractivity contribution in [2.45, 2.75) is 172 Å². The number of hydrogen-bond acceptors (Lipinski definition) is 15. The average molecular weight is 1040 g/mol. The fraction of sp³-hybridized carbons (Fsp3) is 0.638. The number of hydrogen-bond donors (Lipinski definition) is 15. The van der Waals surface area contributed by atoms with Crippen LogP contribution in [0.25, 0.3) is 0 Å². The third kappa shape index (κ3) is 23.9. The van der Waals surface area contributed by atoms with E-state index in [4.69, 9.17) is 11.5 Å². The van der Waals surface area contributed by atoms with E-state index < -0.39 is 165 Å². The number of carboxylic acids is 1. The van der Waals surface area contributed by atoms with Gasteiger partial charge in [0.2, 0.25) is 59.1 Å². The molecule has 408 valence electrons. The lowest BCUT2D eigenvalue weighted by Crippen LogP contribution is -2.62. The van der Waals surface area contributed by atoms with Crippen LogP contribution < -0.4 is 54.0 Å². The van der Waals surface area contributed by atoms with Gasteiger partial charge in [0.15, 0.2) is 0 Å². The molecule has 26 nitrogen and oxygen atoms in total. The van der Waals surface area contributed by atoms with Crippen molar-refractivity contribution in [1.82, 2.24) is 42.5 Å². The number of benzene rings is 1. The summed E-state index contributed by atoms with van der Waals surface area (Å²) in [6.07, 6.45) is 1.62. The quantitative estimate of drug-likeness (QED) is 0.0498. The Morgan fingerprint density at radius 3 is 1.51 bits per heavy atom. The molecule has 1 aromatic carbocycles. The number of nitrogens with one attached hydrogen (secondary N) is 8. The minimum absolute atomic E-state index is 0.157. The van der Waals surface area contributed by atoms with Crippen molar-refractivity contribution in [3.8, 4) is 5.75 Å². The van der Waals surface area contributed by atoms with Crippen molar-refractivity contribution in [2.24, 2.45) is 17.4 Å². The van der Waals surface area contributed by atoms with E-state index in [-0.39, 0.29) is 18.6 Å². The van der Waals surface area contributed by atoms with Crippen molar-refractivity contribution < 1.29 is 78.3 Å². The molecule has 17 N–H and O–H groups in total. The summed E-state index contributed by atoms with van der Waals surface area (Å²) in [6, 6.07) is -8.62. The van der Waals surface area contributed by atoms with E-state index in [9.17, 15) is 78.3 Å². The Labute approximate surface area is 422 Å². The molecule has 9 atom stereocenters. The molecule has 0 aromatic heterocycles. The minimum atomic E-state index is -1.98. The van der Waals surface area contributed by atoms with Crippen LogP contribution in [0.15, 0.2) is 24.3 Å². The molecule has 10 amide bonds. The number of aliphatic hydroxyl groups excluding tert-OH is 3. The number of phenolic OH excluding ortho intramolecular Hbond substituents is 1. The maximum Gasteiger partial charge on any atom is 0.303 e. The molecule has 73 heavy (non-hydrogen) atoms. The molecule has 0 saturated carbocycles. The largest absolute Gasteiger partial charge is 0.508 e. The first kappa shape index (κ1) is 62.2. The van der Waals surface area contributed by atoms with Gasteiger partial charge in [-0.1, -0.05) is 77.3 Å². The third-order valence-corrected chi connectivity index (χ3v) is 11.7. The molecule has 0 bridgehead atoms. The summed E-state index contributed by atoms with van der Waals surface area (Å²) in [5, 5.41) is 68.6. The van der Waals surface area contributed by atoms with Crippen molar-refractivity contribution in [3.05, 3.63) is 29.8 Å². The highest BCUT2D eigenvalue weighted by molar-refractivity contribution is 5.99. The highest BCUT2D eigenvalue weighted by Gasteiger charge is 2.36. The lowest BCUT2D eigenvalue weighted by atomic mass is 10.0. The van der Waals surface area contributed by atoms with E-state index in [1.807, 2.05) is 0 Å². The Balaban J connectivity index is 2.69. The second-order valence-corrected chi connectivity index (χ2v) is 18.5. The molecule has 0 radical (unpaired) electrons. The van der Waals surface area contributed by atoms with Crippen LogP contribution in [0.5, 0.6) is 5.75 Å². The summed E-state index contributed by atoms with van der Waals surface area (Å²) < 4.78 is 0. The van der Waals surface area contributed by atoms with Crippen molar-refractivity contribution >= 4 is 65.0 Å². The van der Waals surface area contributed by atoms with Gasteiger partial charge in [0.05, 0.1) is 32.2 Å². The number of nitrogens with two attached hydrogens (primary N) is 2. The predicted octanol–water partition coefficient (Wildman–Crippen LogP) is -3.64. The molecule has 1 aliphatic heterocycles. The molecular formula is C47H74N10O16. The SMILES string of the molecule is CC(C)CCCCCCCCC[C@H]1CC(=O)N[C@@H](CC(N)=O)C(=O)N[C@@H](Cc2ccc(O)cc2)C(=O)N[C@H](CC(N)=O)C(=O)N[C@@H](CO)C(=O)N[C@H](CCC(=O)O)C(=O)N[C@@H](CO)C(=O)N[C@@H]([C@@H](C)O)C(=O)N1. The van der Waals surface area contributed by atoms with E-state index in [0.717, 1.165) is 45.4 Å². The van der Waals surface area contributed by atoms with Crippen molar-refractivity contribution in [3.63, 3.8) is 0 Å². The smallest absolute Gasteiger partial charge is 0.303 e. The Morgan fingerprint density at radius 2 is 1.00 bits per heavy atom. The topological polar surface area (TPSA) is 437 Å². The fourth-order valence-corrected chi connectivity index (χ4v) is 7.66. The first-order valence-electron chi connectivity index (χ1n) is 24.3. The highest BCUT2D eigenvalue weighted by Crippen LogP contribution is 2.16. The Morgan fingerprint density at radius 1 is 0.562 bits per heavy atom. The second-order valence-electron chi connectivity index (χ2n) is 18.5. The van der Waals surface area contributed by atoms with E-state index in [1.165, 1.54) is 24.3 Å². The van der Waals surface area contributed by atoms with E-state index >= 15 is 0 Å². The molecule has 1 saturated heterocycles. The van der Waals surface area contributed by atoms with Gasteiger partial charge in [-0.2, -0.15) is 0 Å². The van der Waals surface area contributed by atoms with Crippen LogP contribution in [0.1, 0.15) is 116 Å². The normalized spacial score (nSPS) is 23.9. The van der Waals surface area contributed by atoms with Gasteiger partial charge in [0.1, 0.15) is 48.0 Å². The van der Waals surface area contributed by atoms with Gasteiger partial charge in [0.25, 0.3) is 0 Å². The Kier molecular flexibility index (Phi) is 27.4. The van der Waals surface area contributed by atoms with Gasteiger partial charge >= 0.3 is 5.97 Å². The zero-order valence-corrected chi connectivity index (χ0v) is 41.5. The zero-order chi connectivity index (χ0) is 54.8. The Hall–Kier alpha value is -6.93. The van der Waals surface area contributed by atoms with Crippen LogP contribution in [0, 0.1) is 5.92 Å². The molecule has 26 heteroatoms. The number of phenols is 1. The summed E-state index contributed by atoms with van der Waals surface area (Å²) in [5.74, 6) is -12.6. The standard InChI is InChI=1S/C47H74N10O16/c1-25(2)11-9-7-5-4-6-8-10-12-28-20-38(64)51-32(21-36(48)62)43(69)53-31(19-27-13-15-29(61)16-14-27)42(68)54-33(22-37(49)63)44(70)56-34(23-58)45(71)52-30(17-18-39(65)66)41(67)55-35(24-59)46(72)57-40(26(3)60)47(73)50-28/h13-16,25-26,28,30-35,40,58-61H,4-12,17-24H2,1-3H3,(H2,48,62)(H2,49,63)(H,50,73)(H,51,64)(H,52,71)(H,53,69)(H,54,68)(H,55,67)(H,56,70)(H,57,72)(H,65,66)/t26-,28+,30-,31+,32+,33-,34+,35+,40+/m1/s1. The van der Waals surface area contributed by atoms with Gasteiger partial charge < -0.3 is 79.5 Å². The number of aromatic hydroxyl groups is 1. The molecule has 1 aromatic rings. The Bertz CT molecular complexity index is 2060. The van der Waals surface area contributed by atoms with E-state index in [1.54, 1.807) is 0 Å². The zero-order valence-electron chi connectivity index (χ0n) is 41.5. The highest BCUT2D eigenvalue weighted by atomic mass is 16.4. The second kappa shape index (κ2) is 32.2. The van der Waals surface area contributed by atoms with Crippen LogP contribution in [-0.4, -0.2) is 158 Å². The molecular weight excluding hydrogens is 961 g/mol. The average Bonchev–Trinajstić information content (AvgIpc) is 3.30. The number of carboxylic acid groups (broad SMARTS) is 1. The van der Waals surface area contributed by atoms with Crippen LogP contribution in [-0.2, 0) is 59.2 Å².